The van der Waals surface area contributed by atoms with E-state index < -0.39 is 49.9 Å². The number of hydrogen-bond acceptors (Lipinski definition) is 6. The number of allylic oxidation sites excluding steroid dienone is 16. The summed E-state index contributed by atoms with van der Waals surface area (Å²) >= 11 is 0. The monoisotopic (exact) mass is 1560 g/mol. The van der Waals surface area contributed by atoms with E-state index >= 15 is 0 Å². The first-order chi connectivity index (χ1) is 50.1. The minimum atomic E-state index is -1.98. The van der Waals surface area contributed by atoms with Gasteiger partial charge in [-0.05, 0) is 331 Å². The summed E-state index contributed by atoms with van der Waals surface area (Å²) in [4.78, 5) is 0. The fraction of sp³-hybridized carbons (Fsp3) is 0.830. The van der Waals surface area contributed by atoms with Crippen molar-refractivity contribution in [3.05, 3.63) is 97.2 Å². The van der Waals surface area contributed by atoms with Crippen LogP contribution in [0.1, 0.15) is 185 Å². The van der Waals surface area contributed by atoms with Crippen molar-refractivity contribution in [1.82, 2.24) is 0 Å². The van der Waals surface area contributed by atoms with E-state index in [9.17, 15) is 0 Å². The standard InChI is InChI=1S/C94H162O6Si6/c1-23-26-29-34-70-53-65(6)76(58-70)40-46-102(13,14)96-90-83-81-84(89(83)95-101(11,12)45-39-75-52-63(4)51-64(75)5)91(85(81)90)97-105(19,20)49-43-79-61-73(56-68(79)9)37-32-33-38-74-57-69(10)80(62-74)44-50-106(21,22)100-94-87-82-86(92(87)98-103(15,16)47-41-77-59-71(54-66(77)7)35-30-27-24-2)93(88(82)94)99-104(17,18)48-42-78-60-72(55-67(78)8)36-31-28-25-3/h23-38,63-94H,39-62H2,1-22H3/b26-23+,27-24+,28-25+,34-29-,35-30+,36-31+,37-32+,38-33-. The van der Waals surface area contributed by atoms with Crippen molar-refractivity contribution < 1.29 is 26.6 Å². The molecule has 12 saturated carbocycles. The second-order valence-corrected chi connectivity index (χ2v) is 69.1. The summed E-state index contributed by atoms with van der Waals surface area (Å²) < 4.78 is 46.0. The maximum absolute atomic E-state index is 7.73. The maximum Gasteiger partial charge on any atom is 0.187 e. The predicted octanol–water partition coefficient (Wildman–Crippen LogP) is 26.4. The summed E-state index contributed by atoms with van der Waals surface area (Å²) in [6, 6.07) is 7.67. The van der Waals surface area contributed by atoms with Gasteiger partial charge in [-0.2, -0.15) is 0 Å². The molecule has 6 nitrogen and oxygen atoms in total. The average Bonchev–Trinajstić information content (AvgIpc) is 0.685. The van der Waals surface area contributed by atoms with Gasteiger partial charge in [-0.15, -0.1) is 0 Å². The van der Waals surface area contributed by atoms with Crippen molar-refractivity contribution >= 4 is 49.9 Å². The molecule has 12 fully saturated rings. The SMILES string of the molecule is C/C=C/C=C\C1CC(C)C(CC[Si](C)(C)OC2C3C(O[Si](C)(C)CCC4CC(C)CC4C)C4C(O[Si](C)(C)CCC5CC(/C=C/C=C\C6CC(C)C(CC[Si](C)(C)OC7C8C(O[Si](C)(C)CCC9CC(/C=C/C=C/C)CC9C)C9C(O[Si](C)(C)CCC%10CC(/C=C/C=C/C)CC%10C)C7C89)C6)CC5C)C2C34)C1. The van der Waals surface area contributed by atoms with E-state index in [1.54, 1.807) is 0 Å². The molecular formula is C94H162O6Si6. The van der Waals surface area contributed by atoms with E-state index in [2.05, 4.69) is 245 Å². The normalized spacial score (nSPS) is 43.1. The van der Waals surface area contributed by atoms with Gasteiger partial charge in [0, 0.05) is 35.5 Å². The van der Waals surface area contributed by atoms with E-state index in [4.69, 9.17) is 26.6 Å². The molecule has 12 aliphatic carbocycles. The van der Waals surface area contributed by atoms with Crippen molar-refractivity contribution in [3.63, 3.8) is 0 Å². The maximum atomic E-state index is 7.73. The van der Waals surface area contributed by atoms with Crippen LogP contribution in [-0.4, -0.2) is 86.5 Å². The molecule has 106 heavy (non-hydrogen) atoms. The molecule has 12 heteroatoms. The lowest BCUT2D eigenvalue weighted by atomic mass is 9.32. The molecule has 0 spiro atoms. The van der Waals surface area contributed by atoms with Gasteiger partial charge >= 0.3 is 0 Å². The molecule has 12 aliphatic rings. The fourth-order valence-corrected chi connectivity index (χ4v) is 39.3. The highest BCUT2D eigenvalue weighted by molar-refractivity contribution is 6.73. The summed E-state index contributed by atoms with van der Waals surface area (Å²) in [5, 5.41) is 0. The van der Waals surface area contributed by atoms with Crippen LogP contribution in [-0.2, 0) is 26.6 Å². The zero-order valence-corrected chi connectivity index (χ0v) is 78.1. The van der Waals surface area contributed by atoms with E-state index in [0.717, 1.165) is 107 Å². The van der Waals surface area contributed by atoms with Gasteiger partial charge < -0.3 is 26.6 Å². The summed E-state index contributed by atoms with van der Waals surface area (Å²) in [5.41, 5.74) is 0. The van der Waals surface area contributed by atoms with Gasteiger partial charge in [-0.3, -0.25) is 0 Å². The molecule has 0 amide bonds. The lowest BCUT2D eigenvalue weighted by Gasteiger charge is -2.80. The second kappa shape index (κ2) is 35.2. The Morgan fingerprint density at radius 3 is 0.585 bits per heavy atom. The molecule has 598 valence electrons. The lowest BCUT2D eigenvalue weighted by molar-refractivity contribution is -0.369. The molecule has 0 saturated heterocycles. The molecule has 0 N–H and O–H groups in total. The van der Waals surface area contributed by atoms with Crippen molar-refractivity contribution in [2.24, 2.45) is 154 Å². The third-order valence-corrected chi connectivity index (χ3v) is 46.7. The van der Waals surface area contributed by atoms with Crippen LogP contribution in [0.4, 0.5) is 0 Å². The van der Waals surface area contributed by atoms with Gasteiger partial charge in [0.15, 0.2) is 49.9 Å². The highest BCUT2D eigenvalue weighted by Gasteiger charge is 2.82. The smallest absolute Gasteiger partial charge is 0.187 e. The summed E-state index contributed by atoms with van der Waals surface area (Å²) in [7, 11) is -11.6. The Kier molecular flexibility index (Phi) is 28.0. The van der Waals surface area contributed by atoms with E-state index in [1.165, 1.54) is 152 Å². The van der Waals surface area contributed by atoms with E-state index in [-0.39, 0.29) is 0 Å². The molecule has 12 rings (SSSR count). The molecule has 0 radical (unpaired) electrons. The molecule has 29 unspecified atom stereocenters. The Morgan fingerprint density at radius 2 is 0.406 bits per heavy atom. The second-order valence-electron chi connectivity index (χ2n) is 43.6. The Bertz CT molecular complexity index is 3030. The molecule has 29 atom stereocenters. The van der Waals surface area contributed by atoms with Crippen LogP contribution in [0.5, 0.6) is 0 Å². The van der Waals surface area contributed by atoms with Crippen molar-refractivity contribution in [1.29, 1.82) is 0 Å². The van der Waals surface area contributed by atoms with E-state index in [0.29, 0.717) is 84.0 Å². The van der Waals surface area contributed by atoms with Gasteiger partial charge in [0.25, 0.3) is 0 Å². The van der Waals surface area contributed by atoms with Gasteiger partial charge in [0.2, 0.25) is 0 Å². The molecule has 0 aromatic rings. The Morgan fingerprint density at radius 1 is 0.226 bits per heavy atom. The highest BCUT2D eigenvalue weighted by Crippen LogP contribution is 2.75. The van der Waals surface area contributed by atoms with Crippen LogP contribution in [0.15, 0.2) is 97.2 Å². The molecule has 0 bridgehead atoms. The van der Waals surface area contributed by atoms with Crippen LogP contribution in [0.25, 0.3) is 0 Å². The van der Waals surface area contributed by atoms with Gasteiger partial charge in [0.05, 0.1) is 36.6 Å². The molecular weight excluding hydrogens is 1390 g/mol. The Balaban J connectivity index is 0.609. The zero-order valence-electron chi connectivity index (χ0n) is 72.1. The third kappa shape index (κ3) is 20.1. The van der Waals surface area contributed by atoms with Crippen LogP contribution in [0, 0.1) is 154 Å². The van der Waals surface area contributed by atoms with Crippen molar-refractivity contribution in [2.45, 2.75) is 336 Å². The van der Waals surface area contributed by atoms with Gasteiger partial charge in [0.1, 0.15) is 0 Å². The van der Waals surface area contributed by atoms with Gasteiger partial charge in [-0.25, -0.2) is 0 Å². The molecule has 0 aromatic heterocycles. The van der Waals surface area contributed by atoms with Crippen LogP contribution >= 0.6 is 0 Å². The largest absolute Gasteiger partial charge is 0.414 e. The van der Waals surface area contributed by atoms with Crippen LogP contribution in [0.2, 0.25) is 115 Å². The van der Waals surface area contributed by atoms with E-state index in [1.807, 2.05) is 0 Å². The minimum absolute atomic E-state index is 0.318. The first-order valence-electron chi connectivity index (χ1n) is 45.4. The van der Waals surface area contributed by atoms with Gasteiger partial charge in [-0.1, -0.05) is 184 Å². The first kappa shape index (κ1) is 84.4. The fourth-order valence-electron chi connectivity index (χ4n) is 25.9. The lowest BCUT2D eigenvalue weighted by Crippen LogP contribution is -2.87. The summed E-state index contributed by atoms with van der Waals surface area (Å²) in [6.45, 7) is 54.9. The quantitative estimate of drug-likeness (QED) is 0.0452. The highest BCUT2D eigenvalue weighted by atomic mass is 28.4. The molecule has 0 aliphatic heterocycles. The average molecular weight is 1560 g/mol. The van der Waals surface area contributed by atoms with Crippen LogP contribution in [0.3, 0.4) is 0 Å². The minimum Gasteiger partial charge on any atom is -0.414 e. The zero-order chi connectivity index (χ0) is 76.0. The third-order valence-electron chi connectivity index (χ3n) is 32.3. The topological polar surface area (TPSA) is 55.4 Å². The number of hydrogen-bond donors (Lipinski definition) is 0. The van der Waals surface area contributed by atoms with Crippen LogP contribution < -0.4 is 0 Å². The van der Waals surface area contributed by atoms with Crippen molar-refractivity contribution in [3.8, 4) is 0 Å². The summed E-state index contributed by atoms with van der Waals surface area (Å²) in [5.74, 6) is 19.2. The molecule has 0 aromatic carbocycles. The summed E-state index contributed by atoms with van der Waals surface area (Å²) in [6.07, 6.45) is 63.7. The predicted molar refractivity (Wildman–Crippen MR) is 467 cm³/mol. The Labute approximate surface area is 659 Å². The van der Waals surface area contributed by atoms with Crippen molar-refractivity contribution in [2.75, 3.05) is 0 Å². The first-order valence-corrected chi connectivity index (χ1v) is 64.1. The Hall–Kier alpha value is -1.02. The molecule has 0 heterocycles. The number of rotatable bonds is 39.